The van der Waals surface area contributed by atoms with Crippen LogP contribution in [0.1, 0.15) is 33.6 Å². The summed E-state index contributed by atoms with van der Waals surface area (Å²) in [7, 11) is 0. The highest BCUT2D eigenvalue weighted by Gasteiger charge is 2.22. The third-order valence-corrected chi connectivity index (χ3v) is 1.77. The van der Waals surface area contributed by atoms with Gasteiger partial charge in [0.15, 0.2) is 0 Å². The van der Waals surface area contributed by atoms with E-state index < -0.39 is 11.5 Å². The summed E-state index contributed by atoms with van der Waals surface area (Å²) in [6.45, 7) is 5.67. The van der Waals surface area contributed by atoms with Gasteiger partial charge < -0.3 is 15.7 Å². The quantitative estimate of drug-likeness (QED) is 0.575. The van der Waals surface area contributed by atoms with Crippen molar-refractivity contribution in [2.75, 3.05) is 13.1 Å². The Morgan fingerprint density at radius 1 is 1.20 bits per heavy atom. The van der Waals surface area contributed by atoms with Gasteiger partial charge in [-0.25, -0.2) is 0 Å². The first-order valence-corrected chi connectivity index (χ1v) is 5.15. The molecule has 0 radical (unpaired) electrons. The lowest BCUT2D eigenvalue weighted by atomic mass is 10.1. The van der Waals surface area contributed by atoms with Crippen LogP contribution in [-0.2, 0) is 9.59 Å². The molecule has 0 aliphatic heterocycles. The van der Waals surface area contributed by atoms with Crippen LogP contribution in [0.4, 0.5) is 0 Å². The average molecular weight is 216 g/mol. The van der Waals surface area contributed by atoms with Gasteiger partial charge in [-0.2, -0.15) is 0 Å². The van der Waals surface area contributed by atoms with Gasteiger partial charge in [0.2, 0.25) is 5.91 Å². The Morgan fingerprint density at radius 3 is 2.27 bits per heavy atom. The van der Waals surface area contributed by atoms with Crippen molar-refractivity contribution in [1.82, 2.24) is 10.6 Å². The second-order valence-corrected chi connectivity index (χ2v) is 3.91. The van der Waals surface area contributed by atoms with Crippen LogP contribution in [0.25, 0.3) is 0 Å². The van der Waals surface area contributed by atoms with Gasteiger partial charge in [0.25, 0.3) is 5.91 Å². The third-order valence-electron chi connectivity index (χ3n) is 1.77. The Labute approximate surface area is 90.2 Å². The van der Waals surface area contributed by atoms with Gasteiger partial charge in [0.05, 0.1) is 0 Å². The molecule has 0 bridgehead atoms. The van der Waals surface area contributed by atoms with Crippen LogP contribution >= 0.6 is 0 Å². The summed E-state index contributed by atoms with van der Waals surface area (Å²) in [5, 5.41) is 14.5. The molecule has 0 saturated heterocycles. The minimum absolute atomic E-state index is 0.0899. The number of amides is 2. The fourth-order valence-corrected chi connectivity index (χ4v) is 0.859. The second-order valence-electron chi connectivity index (χ2n) is 3.91. The molecule has 0 aliphatic carbocycles. The molecular formula is C10H20N2O3. The summed E-state index contributed by atoms with van der Waals surface area (Å²) in [6, 6.07) is 0. The Balaban J connectivity index is 3.62. The summed E-state index contributed by atoms with van der Waals surface area (Å²) < 4.78 is 0. The number of hydrogen-bond acceptors (Lipinski definition) is 3. The summed E-state index contributed by atoms with van der Waals surface area (Å²) >= 11 is 0. The number of nitrogens with one attached hydrogen (secondary N) is 2. The molecule has 0 saturated carbocycles. The Morgan fingerprint density at radius 2 is 1.80 bits per heavy atom. The highest BCUT2D eigenvalue weighted by molar-refractivity contribution is 5.84. The molecule has 0 spiro atoms. The number of rotatable bonds is 6. The van der Waals surface area contributed by atoms with Gasteiger partial charge in [-0.05, 0) is 20.3 Å². The van der Waals surface area contributed by atoms with Gasteiger partial charge in [-0.1, -0.05) is 6.92 Å². The molecule has 0 fully saturated rings. The van der Waals surface area contributed by atoms with E-state index in [-0.39, 0.29) is 18.9 Å². The Bertz CT molecular complexity index is 221. The standard InChI is InChI=1S/C10H20N2O3/c1-4-6-11-8(13)5-7-12-9(14)10(2,3)15/h15H,4-7H2,1-3H3,(H,11,13)(H,12,14). The lowest BCUT2D eigenvalue weighted by Crippen LogP contribution is -2.43. The number of carbonyl (C=O) groups excluding carboxylic acids is 2. The van der Waals surface area contributed by atoms with Crippen LogP contribution in [-0.4, -0.2) is 35.6 Å². The fraction of sp³-hybridized carbons (Fsp3) is 0.800. The molecule has 15 heavy (non-hydrogen) atoms. The molecule has 0 rings (SSSR count). The average Bonchev–Trinajstić information content (AvgIpc) is 2.13. The van der Waals surface area contributed by atoms with E-state index in [1.807, 2.05) is 6.92 Å². The van der Waals surface area contributed by atoms with Gasteiger partial charge in [0, 0.05) is 19.5 Å². The van der Waals surface area contributed by atoms with Crippen molar-refractivity contribution in [2.45, 2.75) is 39.2 Å². The van der Waals surface area contributed by atoms with E-state index in [1.165, 1.54) is 13.8 Å². The zero-order chi connectivity index (χ0) is 11.9. The van der Waals surface area contributed by atoms with E-state index in [0.29, 0.717) is 6.54 Å². The third kappa shape index (κ3) is 6.90. The van der Waals surface area contributed by atoms with E-state index in [2.05, 4.69) is 10.6 Å². The van der Waals surface area contributed by atoms with Gasteiger partial charge in [-0.15, -0.1) is 0 Å². The molecule has 0 aromatic rings. The molecule has 0 unspecified atom stereocenters. The van der Waals surface area contributed by atoms with Crippen LogP contribution in [0.5, 0.6) is 0 Å². The van der Waals surface area contributed by atoms with Gasteiger partial charge in [-0.3, -0.25) is 9.59 Å². The van der Waals surface area contributed by atoms with Crippen LogP contribution in [0.15, 0.2) is 0 Å². The highest BCUT2D eigenvalue weighted by atomic mass is 16.3. The van der Waals surface area contributed by atoms with E-state index in [4.69, 9.17) is 0 Å². The van der Waals surface area contributed by atoms with E-state index in [0.717, 1.165) is 6.42 Å². The summed E-state index contributed by atoms with van der Waals surface area (Å²) in [5.41, 5.74) is -1.39. The normalized spacial score (nSPS) is 10.9. The zero-order valence-corrected chi connectivity index (χ0v) is 9.59. The minimum atomic E-state index is -1.39. The predicted octanol–water partition coefficient (Wildman–Crippen LogP) is -0.210. The SMILES string of the molecule is CCCNC(=O)CCNC(=O)C(C)(C)O. The lowest BCUT2D eigenvalue weighted by molar-refractivity contribution is -0.136. The molecule has 0 heterocycles. The van der Waals surface area contributed by atoms with Crippen LogP contribution in [0.2, 0.25) is 0 Å². The molecule has 5 nitrogen and oxygen atoms in total. The maximum atomic E-state index is 11.2. The summed E-state index contributed by atoms with van der Waals surface area (Å²) in [5.74, 6) is -0.557. The Kier molecular flexibility index (Phi) is 5.93. The van der Waals surface area contributed by atoms with Crippen LogP contribution in [0, 0.1) is 0 Å². The first-order valence-electron chi connectivity index (χ1n) is 5.15. The maximum Gasteiger partial charge on any atom is 0.251 e. The largest absolute Gasteiger partial charge is 0.381 e. The molecule has 0 aromatic carbocycles. The number of hydrogen-bond donors (Lipinski definition) is 3. The van der Waals surface area contributed by atoms with Crippen molar-refractivity contribution in [1.29, 1.82) is 0 Å². The first kappa shape index (κ1) is 13.9. The molecular weight excluding hydrogens is 196 g/mol. The van der Waals surface area contributed by atoms with Crippen molar-refractivity contribution in [3.05, 3.63) is 0 Å². The molecule has 2 amide bonds. The predicted molar refractivity (Wildman–Crippen MR) is 57.2 cm³/mol. The Hall–Kier alpha value is -1.10. The van der Waals surface area contributed by atoms with Gasteiger partial charge >= 0.3 is 0 Å². The summed E-state index contributed by atoms with van der Waals surface area (Å²) in [6.07, 6.45) is 1.13. The second kappa shape index (κ2) is 6.40. The fourth-order valence-electron chi connectivity index (χ4n) is 0.859. The molecule has 3 N–H and O–H groups in total. The molecule has 0 aromatic heterocycles. The molecule has 5 heteroatoms. The number of carbonyl (C=O) groups is 2. The van der Waals surface area contributed by atoms with Crippen molar-refractivity contribution in [3.8, 4) is 0 Å². The van der Waals surface area contributed by atoms with Crippen molar-refractivity contribution >= 4 is 11.8 Å². The monoisotopic (exact) mass is 216 g/mol. The molecule has 0 atom stereocenters. The van der Waals surface area contributed by atoms with E-state index in [1.54, 1.807) is 0 Å². The molecule has 0 aliphatic rings. The van der Waals surface area contributed by atoms with Crippen LogP contribution < -0.4 is 10.6 Å². The minimum Gasteiger partial charge on any atom is -0.381 e. The zero-order valence-electron chi connectivity index (χ0n) is 9.59. The van der Waals surface area contributed by atoms with Crippen molar-refractivity contribution in [2.24, 2.45) is 0 Å². The molecule has 88 valence electrons. The van der Waals surface area contributed by atoms with Crippen molar-refractivity contribution < 1.29 is 14.7 Å². The first-order chi connectivity index (χ1) is 6.88. The van der Waals surface area contributed by atoms with Gasteiger partial charge in [0.1, 0.15) is 5.60 Å². The van der Waals surface area contributed by atoms with Crippen molar-refractivity contribution in [3.63, 3.8) is 0 Å². The number of aliphatic hydroxyl groups is 1. The topological polar surface area (TPSA) is 78.4 Å². The van der Waals surface area contributed by atoms with Crippen LogP contribution in [0.3, 0.4) is 0 Å². The highest BCUT2D eigenvalue weighted by Crippen LogP contribution is 1.99. The smallest absolute Gasteiger partial charge is 0.251 e. The van der Waals surface area contributed by atoms with E-state index in [9.17, 15) is 14.7 Å². The van der Waals surface area contributed by atoms with E-state index >= 15 is 0 Å². The lowest BCUT2D eigenvalue weighted by Gasteiger charge is -2.16. The summed E-state index contributed by atoms with van der Waals surface area (Å²) in [4.78, 5) is 22.3. The maximum absolute atomic E-state index is 11.2.